The lowest BCUT2D eigenvalue weighted by Gasteiger charge is -2.36. The summed E-state index contributed by atoms with van der Waals surface area (Å²) in [5.74, 6) is 2.54. The van der Waals surface area contributed by atoms with Crippen LogP contribution >= 0.6 is 0 Å². The molecule has 0 spiro atoms. The summed E-state index contributed by atoms with van der Waals surface area (Å²) in [5, 5.41) is 7.19. The van der Waals surface area contributed by atoms with E-state index in [1.165, 1.54) is 0 Å². The molecule has 1 saturated heterocycles. The topological polar surface area (TPSA) is 63.3 Å². The predicted molar refractivity (Wildman–Crippen MR) is 82.8 cm³/mol. The van der Waals surface area contributed by atoms with Gasteiger partial charge in [0.25, 0.3) is 0 Å². The molecule has 2 unspecified atom stereocenters. The minimum Gasteiger partial charge on any atom is -0.497 e. The Morgan fingerprint density at radius 1 is 1.45 bits per heavy atom. The second-order valence-electron chi connectivity index (χ2n) is 5.59. The first-order valence-electron chi connectivity index (χ1n) is 7.56. The number of benzene rings is 1. The highest BCUT2D eigenvalue weighted by Gasteiger charge is 2.27. The van der Waals surface area contributed by atoms with Crippen LogP contribution in [-0.2, 0) is 4.74 Å². The van der Waals surface area contributed by atoms with Gasteiger partial charge in [-0.05, 0) is 31.5 Å². The number of nitrogens with one attached hydrogen (secondary N) is 1. The third-order valence-electron chi connectivity index (χ3n) is 4.10. The van der Waals surface area contributed by atoms with Crippen LogP contribution in [0.2, 0.25) is 0 Å². The second-order valence-corrected chi connectivity index (χ2v) is 5.59. The van der Waals surface area contributed by atoms with E-state index in [1.807, 2.05) is 25.1 Å². The van der Waals surface area contributed by atoms with Gasteiger partial charge in [0, 0.05) is 13.1 Å². The summed E-state index contributed by atoms with van der Waals surface area (Å²) in [7, 11) is 1.68. The molecule has 1 aromatic carbocycles. The highest BCUT2D eigenvalue weighted by atomic mass is 16.5. The average molecular weight is 302 g/mol. The third kappa shape index (κ3) is 3.13. The molecule has 118 valence electrons. The monoisotopic (exact) mass is 302 g/mol. The van der Waals surface area contributed by atoms with E-state index >= 15 is 0 Å². The largest absolute Gasteiger partial charge is 0.497 e. The van der Waals surface area contributed by atoms with Gasteiger partial charge in [0.2, 0.25) is 0 Å². The first-order valence-corrected chi connectivity index (χ1v) is 7.56. The second kappa shape index (κ2) is 6.46. The molecular formula is C16H22N4O2. The lowest BCUT2D eigenvalue weighted by atomic mass is 10.1. The van der Waals surface area contributed by atoms with Crippen molar-refractivity contribution < 1.29 is 9.47 Å². The zero-order valence-electron chi connectivity index (χ0n) is 13.2. The minimum atomic E-state index is 0.0475. The van der Waals surface area contributed by atoms with E-state index in [0.717, 1.165) is 36.1 Å². The Balaban J connectivity index is 1.73. The summed E-state index contributed by atoms with van der Waals surface area (Å²) >= 11 is 0. The Hall–Kier alpha value is -1.92. The van der Waals surface area contributed by atoms with Crippen molar-refractivity contribution in [3.8, 4) is 5.75 Å². The van der Waals surface area contributed by atoms with Gasteiger partial charge in [-0.15, -0.1) is 0 Å². The highest BCUT2D eigenvalue weighted by molar-refractivity contribution is 5.30. The maximum atomic E-state index is 5.94. The molecule has 1 N–H and O–H groups in total. The lowest BCUT2D eigenvalue weighted by molar-refractivity contribution is -0.0442. The summed E-state index contributed by atoms with van der Waals surface area (Å²) in [6.45, 7) is 6.46. The van der Waals surface area contributed by atoms with Crippen LogP contribution in [0.15, 0.2) is 24.3 Å². The van der Waals surface area contributed by atoms with Crippen molar-refractivity contribution in [2.75, 3.05) is 26.8 Å². The van der Waals surface area contributed by atoms with Crippen molar-refractivity contribution in [2.45, 2.75) is 26.0 Å². The molecule has 1 aliphatic rings. The number of hydrogen-bond donors (Lipinski definition) is 1. The number of methoxy groups -OCH3 is 1. The number of rotatable bonds is 4. The first kappa shape index (κ1) is 15.0. The Bertz CT molecular complexity index is 628. The normalized spacial score (nSPS) is 20.8. The van der Waals surface area contributed by atoms with Gasteiger partial charge in [0.05, 0.1) is 25.9 Å². The Morgan fingerprint density at radius 3 is 3.05 bits per heavy atom. The summed E-state index contributed by atoms with van der Waals surface area (Å²) in [5.41, 5.74) is 1.14. The summed E-state index contributed by atoms with van der Waals surface area (Å²) < 4.78 is 11.2. The molecule has 22 heavy (non-hydrogen) atoms. The number of aromatic amines is 1. The van der Waals surface area contributed by atoms with Crippen molar-refractivity contribution in [1.82, 2.24) is 20.1 Å². The number of morpholine rings is 1. The van der Waals surface area contributed by atoms with E-state index in [2.05, 4.69) is 33.1 Å². The number of ether oxygens (including phenoxy) is 2. The molecule has 2 atom stereocenters. The van der Waals surface area contributed by atoms with Gasteiger partial charge in [-0.1, -0.05) is 12.1 Å². The molecular weight excluding hydrogens is 280 g/mol. The maximum Gasteiger partial charge on any atom is 0.167 e. The van der Waals surface area contributed by atoms with E-state index in [0.29, 0.717) is 6.61 Å². The number of H-pyrrole nitrogens is 1. The van der Waals surface area contributed by atoms with Gasteiger partial charge in [-0.2, -0.15) is 5.10 Å². The molecule has 6 heteroatoms. The molecule has 1 fully saturated rings. The molecule has 0 aliphatic carbocycles. The minimum absolute atomic E-state index is 0.0475. The van der Waals surface area contributed by atoms with Crippen LogP contribution in [0.1, 0.15) is 36.3 Å². The van der Waals surface area contributed by atoms with Crippen LogP contribution in [0.5, 0.6) is 5.75 Å². The fourth-order valence-electron chi connectivity index (χ4n) is 2.77. The Morgan fingerprint density at radius 2 is 2.32 bits per heavy atom. The zero-order chi connectivity index (χ0) is 15.5. The number of nitrogens with zero attached hydrogens (tertiary/aromatic N) is 3. The molecule has 3 rings (SSSR count). The smallest absolute Gasteiger partial charge is 0.167 e. The van der Waals surface area contributed by atoms with Crippen LogP contribution in [0.4, 0.5) is 0 Å². The zero-order valence-corrected chi connectivity index (χ0v) is 13.2. The molecule has 0 saturated carbocycles. The van der Waals surface area contributed by atoms with E-state index in [9.17, 15) is 0 Å². The molecule has 2 heterocycles. The Kier molecular flexibility index (Phi) is 4.40. The summed E-state index contributed by atoms with van der Waals surface area (Å²) in [6, 6.07) is 8.23. The van der Waals surface area contributed by atoms with E-state index in [1.54, 1.807) is 7.11 Å². The van der Waals surface area contributed by atoms with Crippen molar-refractivity contribution in [3.63, 3.8) is 0 Å². The molecule has 6 nitrogen and oxygen atoms in total. The van der Waals surface area contributed by atoms with E-state index in [-0.39, 0.29) is 12.1 Å². The van der Waals surface area contributed by atoms with Gasteiger partial charge < -0.3 is 9.47 Å². The molecule has 1 aromatic heterocycles. The first-order chi connectivity index (χ1) is 10.7. The number of hydrogen-bond acceptors (Lipinski definition) is 5. The van der Waals surface area contributed by atoms with Gasteiger partial charge in [0.15, 0.2) is 5.82 Å². The van der Waals surface area contributed by atoms with Crippen LogP contribution in [0.3, 0.4) is 0 Å². The summed E-state index contributed by atoms with van der Waals surface area (Å²) in [4.78, 5) is 6.80. The summed E-state index contributed by atoms with van der Waals surface area (Å²) in [6.07, 6.45) is 0.0475. The standard InChI is InChI=1S/C16H22N4O2/c1-11(16-17-12(2)18-19-16)20-7-8-22-15(10-20)13-5-4-6-14(9-13)21-3/h4-6,9,11,15H,7-8,10H2,1-3H3,(H,17,18,19). The van der Waals surface area contributed by atoms with Gasteiger partial charge in [-0.3, -0.25) is 10.00 Å². The van der Waals surface area contributed by atoms with Crippen molar-refractivity contribution in [1.29, 1.82) is 0 Å². The third-order valence-corrected chi connectivity index (χ3v) is 4.10. The van der Waals surface area contributed by atoms with Crippen LogP contribution in [0.25, 0.3) is 0 Å². The average Bonchev–Trinajstić information content (AvgIpc) is 3.01. The quantitative estimate of drug-likeness (QED) is 0.938. The van der Waals surface area contributed by atoms with Crippen LogP contribution < -0.4 is 4.74 Å². The maximum absolute atomic E-state index is 5.94. The molecule has 0 bridgehead atoms. The van der Waals surface area contributed by atoms with Crippen molar-refractivity contribution in [2.24, 2.45) is 0 Å². The van der Waals surface area contributed by atoms with E-state index < -0.39 is 0 Å². The van der Waals surface area contributed by atoms with E-state index in [4.69, 9.17) is 9.47 Å². The lowest BCUT2D eigenvalue weighted by Crippen LogP contribution is -2.40. The van der Waals surface area contributed by atoms with Gasteiger partial charge in [-0.25, -0.2) is 4.98 Å². The fraction of sp³-hybridized carbons (Fsp3) is 0.500. The van der Waals surface area contributed by atoms with Crippen LogP contribution in [-0.4, -0.2) is 46.9 Å². The fourth-order valence-corrected chi connectivity index (χ4v) is 2.77. The van der Waals surface area contributed by atoms with Crippen LogP contribution in [0, 0.1) is 6.92 Å². The molecule has 0 amide bonds. The number of aromatic nitrogens is 3. The molecule has 1 aliphatic heterocycles. The van der Waals surface area contributed by atoms with Gasteiger partial charge >= 0.3 is 0 Å². The predicted octanol–water partition coefficient (Wildman–Crippen LogP) is 2.26. The number of aryl methyl sites for hydroxylation is 1. The Labute approximate surface area is 130 Å². The SMILES string of the molecule is COc1cccc(C2CN(C(C)c3n[nH]c(C)n3)CCO2)c1. The van der Waals surface area contributed by atoms with Gasteiger partial charge in [0.1, 0.15) is 11.6 Å². The van der Waals surface area contributed by atoms with Crippen molar-refractivity contribution >= 4 is 0 Å². The molecule has 2 aromatic rings. The van der Waals surface area contributed by atoms with Crippen molar-refractivity contribution in [3.05, 3.63) is 41.5 Å². The highest BCUT2D eigenvalue weighted by Crippen LogP contribution is 2.29. The molecule has 0 radical (unpaired) electrons.